The first-order chi connectivity index (χ1) is 9.69. The van der Waals surface area contributed by atoms with E-state index in [1.165, 1.54) is 0 Å². The Morgan fingerprint density at radius 1 is 1.15 bits per heavy atom. The average Bonchev–Trinajstić information content (AvgIpc) is 2.91. The number of para-hydroxylation sites is 1. The number of rotatable bonds is 3. The zero-order chi connectivity index (χ0) is 14.1. The third-order valence-corrected chi connectivity index (χ3v) is 3.52. The predicted molar refractivity (Wildman–Crippen MR) is 78.3 cm³/mol. The van der Waals surface area contributed by atoms with Crippen LogP contribution in [0.2, 0.25) is 5.02 Å². The normalized spacial score (nSPS) is 12.6. The maximum absolute atomic E-state index is 10.4. The number of ether oxygens (including phenoxy) is 1. The maximum atomic E-state index is 10.4. The standard InChI is InChI=1S/C16H13ClO3/c1-19-14-9-11(6-7-12(14)17)16(18)15-8-10-4-2-3-5-13(10)20-15/h2-9,16,18H,1H3. The molecular formula is C16H13ClO3. The van der Waals surface area contributed by atoms with Crippen molar-refractivity contribution in [1.29, 1.82) is 0 Å². The van der Waals surface area contributed by atoms with Crippen LogP contribution < -0.4 is 4.74 Å². The number of benzene rings is 2. The molecule has 0 spiro atoms. The minimum atomic E-state index is -0.853. The van der Waals surface area contributed by atoms with E-state index in [1.807, 2.05) is 30.3 Å². The molecule has 0 radical (unpaired) electrons. The van der Waals surface area contributed by atoms with Crippen molar-refractivity contribution in [3.8, 4) is 5.75 Å². The summed E-state index contributed by atoms with van der Waals surface area (Å²) in [7, 11) is 1.54. The van der Waals surface area contributed by atoms with Gasteiger partial charge in [0.15, 0.2) is 0 Å². The zero-order valence-corrected chi connectivity index (χ0v) is 11.6. The van der Waals surface area contributed by atoms with Crippen molar-refractivity contribution in [2.45, 2.75) is 6.10 Å². The van der Waals surface area contributed by atoms with Gasteiger partial charge in [0.1, 0.15) is 23.2 Å². The highest BCUT2D eigenvalue weighted by Crippen LogP contribution is 2.32. The summed E-state index contributed by atoms with van der Waals surface area (Å²) in [6.45, 7) is 0. The smallest absolute Gasteiger partial charge is 0.138 e. The quantitative estimate of drug-likeness (QED) is 0.786. The Hall–Kier alpha value is -1.97. The largest absolute Gasteiger partial charge is 0.495 e. The van der Waals surface area contributed by atoms with Crippen molar-refractivity contribution in [1.82, 2.24) is 0 Å². The van der Waals surface area contributed by atoms with Gasteiger partial charge in [-0.2, -0.15) is 0 Å². The first kappa shape index (κ1) is 13.0. The van der Waals surface area contributed by atoms with Crippen LogP contribution in [0.1, 0.15) is 17.4 Å². The molecule has 1 aromatic heterocycles. The predicted octanol–water partition coefficient (Wildman–Crippen LogP) is 4.18. The second-order valence-corrected chi connectivity index (χ2v) is 4.89. The SMILES string of the molecule is COc1cc(C(O)c2cc3ccccc3o2)ccc1Cl. The Labute approximate surface area is 121 Å². The molecule has 0 aliphatic heterocycles. The fourth-order valence-electron chi connectivity index (χ4n) is 2.15. The summed E-state index contributed by atoms with van der Waals surface area (Å²) in [6, 6.07) is 14.6. The number of halogens is 1. The van der Waals surface area contributed by atoms with Gasteiger partial charge < -0.3 is 14.3 Å². The van der Waals surface area contributed by atoms with Crippen LogP contribution in [0, 0.1) is 0 Å². The molecule has 3 rings (SSSR count). The van der Waals surface area contributed by atoms with Crippen LogP contribution in [0.25, 0.3) is 11.0 Å². The molecule has 102 valence electrons. The molecule has 20 heavy (non-hydrogen) atoms. The van der Waals surface area contributed by atoms with Crippen LogP contribution in [-0.4, -0.2) is 12.2 Å². The number of fused-ring (bicyclic) bond motifs is 1. The van der Waals surface area contributed by atoms with Gasteiger partial charge in [0.25, 0.3) is 0 Å². The first-order valence-corrected chi connectivity index (χ1v) is 6.57. The van der Waals surface area contributed by atoms with Gasteiger partial charge in [0.05, 0.1) is 12.1 Å². The Balaban J connectivity index is 2.01. The molecule has 3 aromatic rings. The molecule has 0 saturated heterocycles. The summed E-state index contributed by atoms with van der Waals surface area (Å²) >= 11 is 5.98. The number of methoxy groups -OCH3 is 1. The molecule has 4 heteroatoms. The van der Waals surface area contributed by atoms with Gasteiger partial charge in [-0.3, -0.25) is 0 Å². The second-order valence-electron chi connectivity index (χ2n) is 4.48. The molecule has 0 amide bonds. The van der Waals surface area contributed by atoms with E-state index in [4.69, 9.17) is 20.8 Å². The number of hydrogen-bond acceptors (Lipinski definition) is 3. The van der Waals surface area contributed by atoms with Gasteiger partial charge in [-0.05, 0) is 29.8 Å². The number of furan rings is 1. The molecule has 0 saturated carbocycles. The molecule has 1 N–H and O–H groups in total. The van der Waals surface area contributed by atoms with E-state index in [9.17, 15) is 5.11 Å². The number of hydrogen-bond donors (Lipinski definition) is 1. The highest BCUT2D eigenvalue weighted by atomic mass is 35.5. The lowest BCUT2D eigenvalue weighted by atomic mass is 10.1. The summed E-state index contributed by atoms with van der Waals surface area (Å²) in [6.07, 6.45) is -0.853. The van der Waals surface area contributed by atoms with Crippen molar-refractivity contribution in [3.05, 3.63) is 64.9 Å². The summed E-state index contributed by atoms with van der Waals surface area (Å²) in [5.41, 5.74) is 1.42. The summed E-state index contributed by atoms with van der Waals surface area (Å²) in [4.78, 5) is 0. The summed E-state index contributed by atoms with van der Waals surface area (Å²) < 4.78 is 10.8. The van der Waals surface area contributed by atoms with E-state index in [1.54, 1.807) is 25.3 Å². The molecule has 0 aliphatic rings. The lowest BCUT2D eigenvalue weighted by Crippen LogP contribution is -1.98. The lowest BCUT2D eigenvalue weighted by molar-refractivity contribution is 0.192. The van der Waals surface area contributed by atoms with Crippen molar-refractivity contribution in [2.24, 2.45) is 0 Å². The average molecular weight is 289 g/mol. The van der Waals surface area contributed by atoms with Gasteiger partial charge in [-0.1, -0.05) is 35.9 Å². The molecule has 2 aromatic carbocycles. The Kier molecular flexibility index (Phi) is 3.38. The van der Waals surface area contributed by atoms with Crippen LogP contribution in [-0.2, 0) is 0 Å². The van der Waals surface area contributed by atoms with E-state index < -0.39 is 6.10 Å². The lowest BCUT2D eigenvalue weighted by Gasteiger charge is -2.10. The monoisotopic (exact) mass is 288 g/mol. The fourth-order valence-corrected chi connectivity index (χ4v) is 2.34. The third kappa shape index (κ3) is 2.26. The van der Waals surface area contributed by atoms with Crippen LogP contribution >= 0.6 is 11.6 Å². The van der Waals surface area contributed by atoms with Crippen LogP contribution in [0.4, 0.5) is 0 Å². The van der Waals surface area contributed by atoms with E-state index in [2.05, 4.69) is 0 Å². The van der Waals surface area contributed by atoms with Crippen LogP contribution in [0.15, 0.2) is 52.9 Å². The summed E-state index contributed by atoms with van der Waals surface area (Å²) in [5, 5.41) is 11.9. The highest BCUT2D eigenvalue weighted by Gasteiger charge is 2.17. The van der Waals surface area contributed by atoms with Gasteiger partial charge in [-0.25, -0.2) is 0 Å². The molecule has 0 bridgehead atoms. The molecule has 1 heterocycles. The van der Waals surface area contributed by atoms with Gasteiger partial charge in [0.2, 0.25) is 0 Å². The molecule has 3 nitrogen and oxygen atoms in total. The minimum absolute atomic E-state index is 0.496. The van der Waals surface area contributed by atoms with Gasteiger partial charge in [0, 0.05) is 5.39 Å². The number of aliphatic hydroxyl groups is 1. The van der Waals surface area contributed by atoms with Crippen molar-refractivity contribution in [2.75, 3.05) is 7.11 Å². The topological polar surface area (TPSA) is 42.6 Å². The fraction of sp³-hybridized carbons (Fsp3) is 0.125. The van der Waals surface area contributed by atoms with Crippen LogP contribution in [0.3, 0.4) is 0 Å². The second kappa shape index (κ2) is 5.19. The first-order valence-electron chi connectivity index (χ1n) is 6.19. The number of aliphatic hydroxyl groups excluding tert-OH is 1. The Bertz CT molecular complexity index is 715. The van der Waals surface area contributed by atoms with E-state index in [0.29, 0.717) is 22.1 Å². The summed E-state index contributed by atoms with van der Waals surface area (Å²) in [5.74, 6) is 1.02. The van der Waals surface area contributed by atoms with Crippen molar-refractivity contribution in [3.63, 3.8) is 0 Å². The molecule has 1 atom stereocenters. The van der Waals surface area contributed by atoms with E-state index in [0.717, 1.165) is 11.0 Å². The van der Waals surface area contributed by atoms with E-state index >= 15 is 0 Å². The van der Waals surface area contributed by atoms with Crippen molar-refractivity contribution >= 4 is 22.6 Å². The Morgan fingerprint density at radius 3 is 2.70 bits per heavy atom. The van der Waals surface area contributed by atoms with Crippen molar-refractivity contribution < 1.29 is 14.3 Å². The minimum Gasteiger partial charge on any atom is -0.495 e. The maximum Gasteiger partial charge on any atom is 0.138 e. The Morgan fingerprint density at radius 2 is 1.95 bits per heavy atom. The molecule has 0 fully saturated rings. The molecule has 0 aliphatic carbocycles. The van der Waals surface area contributed by atoms with Gasteiger partial charge >= 0.3 is 0 Å². The van der Waals surface area contributed by atoms with Gasteiger partial charge in [-0.15, -0.1) is 0 Å². The zero-order valence-electron chi connectivity index (χ0n) is 10.8. The molecule has 1 unspecified atom stereocenters. The third-order valence-electron chi connectivity index (χ3n) is 3.20. The molecular weight excluding hydrogens is 276 g/mol. The van der Waals surface area contributed by atoms with E-state index in [-0.39, 0.29) is 0 Å². The van der Waals surface area contributed by atoms with Crippen LogP contribution in [0.5, 0.6) is 5.75 Å². The highest BCUT2D eigenvalue weighted by molar-refractivity contribution is 6.32.